The van der Waals surface area contributed by atoms with Gasteiger partial charge in [-0.15, -0.1) is 0 Å². The highest BCUT2D eigenvalue weighted by atomic mass is 32.2. The summed E-state index contributed by atoms with van der Waals surface area (Å²) in [5.74, 6) is 0.821. The zero-order valence-electron chi connectivity index (χ0n) is 15.9. The van der Waals surface area contributed by atoms with Crippen molar-refractivity contribution in [1.82, 2.24) is 0 Å². The summed E-state index contributed by atoms with van der Waals surface area (Å²) in [5.41, 5.74) is 0.907. The number of carbonyl (C=O) groups excluding carboxylic acids is 1. The molecule has 0 atom stereocenters. The van der Waals surface area contributed by atoms with Gasteiger partial charge in [0.2, 0.25) is 5.91 Å². The van der Waals surface area contributed by atoms with Crippen LogP contribution >= 0.6 is 0 Å². The fraction of sp³-hybridized carbons (Fsp3) is 0.316. The Morgan fingerprint density at radius 2 is 1.74 bits per heavy atom. The molecule has 7 nitrogen and oxygen atoms in total. The first kappa shape index (κ1) is 19.0. The van der Waals surface area contributed by atoms with E-state index in [9.17, 15) is 13.2 Å². The monoisotopic (exact) mass is 390 g/mol. The Kier molecular flexibility index (Phi) is 4.55. The van der Waals surface area contributed by atoms with Crippen molar-refractivity contribution >= 4 is 27.3 Å². The highest BCUT2D eigenvalue weighted by molar-refractivity contribution is 7.92. The number of nitrogens with zero attached hydrogens (tertiary/aromatic N) is 1. The van der Waals surface area contributed by atoms with Gasteiger partial charge in [0.05, 0.1) is 30.2 Å². The molecule has 2 aromatic rings. The van der Waals surface area contributed by atoms with Crippen LogP contribution in [0.5, 0.6) is 11.5 Å². The van der Waals surface area contributed by atoms with Crippen LogP contribution in [0.3, 0.4) is 0 Å². The third-order valence-electron chi connectivity index (χ3n) is 4.81. The number of ether oxygens (including phenoxy) is 2. The Labute approximate surface area is 158 Å². The number of hydrogen-bond donors (Lipinski definition) is 1. The van der Waals surface area contributed by atoms with Crippen molar-refractivity contribution in [1.29, 1.82) is 0 Å². The van der Waals surface area contributed by atoms with Crippen LogP contribution in [0.15, 0.2) is 41.3 Å². The SMILES string of the molecule is COc1ccc(NS(=O)(=O)c2ccc3c(c2)C(C)(C)C(=O)N3C)c(OC)c1. The van der Waals surface area contributed by atoms with Gasteiger partial charge in [-0.25, -0.2) is 8.42 Å². The van der Waals surface area contributed by atoms with Gasteiger partial charge in [-0.3, -0.25) is 9.52 Å². The number of amides is 1. The summed E-state index contributed by atoms with van der Waals surface area (Å²) in [6.45, 7) is 3.57. The number of hydrogen-bond acceptors (Lipinski definition) is 5. The summed E-state index contributed by atoms with van der Waals surface area (Å²) in [7, 11) is 0.780. The summed E-state index contributed by atoms with van der Waals surface area (Å²) in [6.07, 6.45) is 0. The second-order valence-corrected chi connectivity index (χ2v) is 8.52. The van der Waals surface area contributed by atoms with E-state index in [-0.39, 0.29) is 10.8 Å². The van der Waals surface area contributed by atoms with Crippen LogP contribution in [-0.4, -0.2) is 35.6 Å². The first-order valence-electron chi connectivity index (χ1n) is 8.29. The lowest BCUT2D eigenvalue weighted by Gasteiger charge is -2.17. The Hall–Kier alpha value is -2.74. The highest BCUT2D eigenvalue weighted by Crippen LogP contribution is 2.42. The van der Waals surface area contributed by atoms with E-state index in [4.69, 9.17) is 9.47 Å². The summed E-state index contributed by atoms with van der Waals surface area (Å²) in [6, 6.07) is 9.50. The molecule has 1 N–H and O–H groups in total. The molecule has 0 aromatic heterocycles. The number of rotatable bonds is 5. The minimum Gasteiger partial charge on any atom is -0.497 e. The van der Waals surface area contributed by atoms with Crippen LogP contribution in [0.1, 0.15) is 19.4 Å². The Morgan fingerprint density at radius 1 is 1.04 bits per heavy atom. The van der Waals surface area contributed by atoms with E-state index in [0.717, 1.165) is 0 Å². The lowest BCUT2D eigenvalue weighted by molar-refractivity contribution is -0.121. The lowest BCUT2D eigenvalue weighted by atomic mass is 9.86. The maximum absolute atomic E-state index is 12.9. The number of anilines is 2. The third kappa shape index (κ3) is 3.10. The Balaban J connectivity index is 2.01. The molecular weight excluding hydrogens is 368 g/mol. The van der Waals surface area contributed by atoms with Gasteiger partial charge < -0.3 is 14.4 Å². The predicted octanol–water partition coefficient (Wildman–Crippen LogP) is 2.76. The quantitative estimate of drug-likeness (QED) is 0.849. The summed E-state index contributed by atoms with van der Waals surface area (Å²) in [5, 5.41) is 0. The van der Waals surface area contributed by atoms with Gasteiger partial charge in [-0.05, 0) is 49.7 Å². The lowest BCUT2D eigenvalue weighted by Crippen LogP contribution is -2.33. The minimum absolute atomic E-state index is 0.0724. The number of fused-ring (bicyclic) bond motifs is 1. The summed E-state index contributed by atoms with van der Waals surface area (Å²) in [4.78, 5) is 14.0. The summed E-state index contributed by atoms with van der Waals surface area (Å²) >= 11 is 0. The molecule has 0 unspecified atom stereocenters. The number of methoxy groups -OCH3 is 2. The number of benzene rings is 2. The zero-order chi connectivity index (χ0) is 20.0. The smallest absolute Gasteiger partial charge is 0.262 e. The number of nitrogens with one attached hydrogen (secondary N) is 1. The summed E-state index contributed by atoms with van der Waals surface area (Å²) < 4.78 is 38.7. The van der Waals surface area contributed by atoms with Crippen LogP contribution in [0, 0.1) is 0 Å². The van der Waals surface area contributed by atoms with E-state index in [1.165, 1.54) is 20.3 Å². The molecule has 0 radical (unpaired) electrons. The van der Waals surface area contributed by atoms with E-state index in [2.05, 4.69) is 4.72 Å². The highest BCUT2D eigenvalue weighted by Gasteiger charge is 2.42. The van der Waals surface area contributed by atoms with E-state index >= 15 is 0 Å². The molecule has 0 saturated heterocycles. The molecule has 8 heteroatoms. The standard InChI is InChI=1S/C19H22N2O5S/c1-19(2)14-11-13(7-9-16(14)21(3)18(19)22)27(23,24)20-15-8-6-12(25-4)10-17(15)26-5/h6-11,20H,1-5H3. The maximum Gasteiger partial charge on any atom is 0.262 e. The number of likely N-dealkylation sites (N-methyl/N-ethyl adjacent to an activating group) is 1. The molecule has 2 aromatic carbocycles. The van der Waals surface area contributed by atoms with E-state index in [1.54, 1.807) is 56.1 Å². The van der Waals surface area contributed by atoms with Gasteiger partial charge >= 0.3 is 0 Å². The first-order chi connectivity index (χ1) is 12.6. The molecule has 1 heterocycles. The fourth-order valence-corrected chi connectivity index (χ4v) is 4.30. The molecule has 0 aliphatic carbocycles. The average molecular weight is 390 g/mol. The molecule has 144 valence electrons. The van der Waals surface area contributed by atoms with Gasteiger partial charge in [0.1, 0.15) is 11.5 Å². The molecule has 0 saturated carbocycles. The maximum atomic E-state index is 12.9. The molecule has 1 aliphatic heterocycles. The van der Waals surface area contributed by atoms with Crippen molar-refractivity contribution < 1.29 is 22.7 Å². The number of sulfonamides is 1. The topological polar surface area (TPSA) is 84.9 Å². The fourth-order valence-electron chi connectivity index (χ4n) is 3.21. The van der Waals surface area contributed by atoms with Crippen LogP contribution in [-0.2, 0) is 20.2 Å². The van der Waals surface area contributed by atoms with E-state index < -0.39 is 15.4 Å². The predicted molar refractivity (Wildman–Crippen MR) is 103 cm³/mol. The first-order valence-corrected chi connectivity index (χ1v) is 9.77. The normalized spacial score (nSPS) is 15.4. The van der Waals surface area contributed by atoms with Crippen LogP contribution in [0.2, 0.25) is 0 Å². The van der Waals surface area contributed by atoms with Gasteiger partial charge in [-0.2, -0.15) is 0 Å². The molecule has 0 spiro atoms. The molecule has 27 heavy (non-hydrogen) atoms. The molecule has 3 rings (SSSR count). The second kappa shape index (κ2) is 6.45. The zero-order valence-corrected chi connectivity index (χ0v) is 16.7. The minimum atomic E-state index is -3.87. The van der Waals surface area contributed by atoms with Crippen molar-refractivity contribution in [2.75, 3.05) is 30.9 Å². The van der Waals surface area contributed by atoms with Gasteiger partial charge in [-0.1, -0.05) is 0 Å². The van der Waals surface area contributed by atoms with Crippen LogP contribution in [0.25, 0.3) is 0 Å². The van der Waals surface area contributed by atoms with Gasteiger partial charge in [0.15, 0.2) is 0 Å². The van der Waals surface area contributed by atoms with Crippen molar-refractivity contribution in [3.63, 3.8) is 0 Å². The molecule has 0 fully saturated rings. The van der Waals surface area contributed by atoms with Crippen molar-refractivity contribution in [3.05, 3.63) is 42.0 Å². The molecule has 1 amide bonds. The average Bonchev–Trinajstić information content (AvgIpc) is 2.82. The largest absolute Gasteiger partial charge is 0.497 e. The third-order valence-corrected chi connectivity index (χ3v) is 6.17. The molecular formula is C19H22N2O5S. The van der Waals surface area contributed by atoms with Crippen molar-refractivity contribution in [2.24, 2.45) is 0 Å². The van der Waals surface area contributed by atoms with E-state index in [1.807, 2.05) is 0 Å². The second-order valence-electron chi connectivity index (χ2n) is 6.84. The van der Waals surface area contributed by atoms with E-state index in [0.29, 0.717) is 28.4 Å². The Bertz CT molecular complexity index is 1010. The molecule has 0 bridgehead atoms. The van der Waals surface area contributed by atoms with Crippen LogP contribution in [0.4, 0.5) is 11.4 Å². The molecule has 1 aliphatic rings. The van der Waals surface area contributed by atoms with Crippen molar-refractivity contribution in [3.8, 4) is 11.5 Å². The van der Waals surface area contributed by atoms with Gasteiger partial charge in [0, 0.05) is 18.8 Å². The van der Waals surface area contributed by atoms with Gasteiger partial charge in [0.25, 0.3) is 10.0 Å². The Morgan fingerprint density at radius 3 is 2.37 bits per heavy atom. The van der Waals surface area contributed by atoms with Crippen molar-refractivity contribution in [2.45, 2.75) is 24.2 Å². The van der Waals surface area contributed by atoms with Crippen LogP contribution < -0.4 is 19.1 Å². The number of carbonyl (C=O) groups is 1.